The number of hydrogen-bond donors (Lipinski definition) is 2. The molecule has 0 atom stereocenters. The van der Waals surface area contributed by atoms with Crippen molar-refractivity contribution in [1.29, 1.82) is 5.26 Å². The van der Waals surface area contributed by atoms with Crippen LogP contribution in [0.4, 0.5) is 11.5 Å². The fourth-order valence-electron chi connectivity index (χ4n) is 2.36. The van der Waals surface area contributed by atoms with Gasteiger partial charge in [-0.3, -0.25) is 0 Å². The molecule has 0 fully saturated rings. The monoisotopic (exact) mass is 318 g/mol. The number of benzene rings is 2. The summed E-state index contributed by atoms with van der Waals surface area (Å²) in [6.07, 6.45) is 1.70. The molecular weight excluding hydrogens is 300 g/mol. The maximum Gasteiger partial charge on any atom is 0.170 e. The third-order valence-electron chi connectivity index (χ3n) is 3.71. The summed E-state index contributed by atoms with van der Waals surface area (Å²) in [5.74, 6) is 0.498. The maximum atomic E-state index is 10.0. The molecule has 120 valence electrons. The van der Waals surface area contributed by atoms with Gasteiger partial charge in [-0.2, -0.15) is 5.26 Å². The average Bonchev–Trinajstić information content (AvgIpc) is 2.98. The Labute approximate surface area is 140 Å². The Morgan fingerprint density at radius 3 is 2.33 bits per heavy atom. The molecule has 2 aromatic carbocycles. The highest BCUT2D eigenvalue weighted by Gasteiger charge is 2.15. The minimum Gasteiger partial charge on any atom is -0.386 e. The quantitative estimate of drug-likeness (QED) is 0.769. The number of rotatable bonds is 4. The molecule has 0 radical (unpaired) electrons. The van der Waals surface area contributed by atoms with Gasteiger partial charge in [0.15, 0.2) is 5.82 Å². The second kappa shape index (κ2) is 6.19. The van der Waals surface area contributed by atoms with Crippen LogP contribution in [0.5, 0.6) is 0 Å². The third-order valence-corrected chi connectivity index (χ3v) is 3.71. The number of anilines is 2. The molecule has 1 aromatic heterocycles. The summed E-state index contributed by atoms with van der Waals surface area (Å²) in [6, 6.07) is 19.2. The van der Waals surface area contributed by atoms with Crippen molar-refractivity contribution in [2.45, 2.75) is 19.4 Å². The lowest BCUT2D eigenvalue weighted by atomic mass is 9.98. The van der Waals surface area contributed by atoms with E-state index in [4.69, 9.17) is 0 Å². The number of nitriles is 1. The molecule has 3 rings (SSSR count). The van der Waals surface area contributed by atoms with Gasteiger partial charge in [0.2, 0.25) is 0 Å². The fourth-order valence-corrected chi connectivity index (χ4v) is 2.36. The van der Waals surface area contributed by atoms with Crippen LogP contribution < -0.4 is 5.32 Å². The van der Waals surface area contributed by atoms with E-state index < -0.39 is 5.60 Å². The average molecular weight is 318 g/mol. The molecule has 3 aromatic rings. The van der Waals surface area contributed by atoms with E-state index in [0.29, 0.717) is 11.4 Å². The first-order valence-corrected chi connectivity index (χ1v) is 7.62. The molecular formula is C19H18N4O. The number of nitrogens with zero attached hydrogens (tertiary/aromatic N) is 3. The zero-order valence-electron chi connectivity index (χ0n) is 13.6. The van der Waals surface area contributed by atoms with Gasteiger partial charge in [-0.1, -0.05) is 30.3 Å². The summed E-state index contributed by atoms with van der Waals surface area (Å²) in [5, 5.41) is 26.9. The molecule has 0 saturated heterocycles. The van der Waals surface area contributed by atoms with E-state index >= 15 is 0 Å². The summed E-state index contributed by atoms with van der Waals surface area (Å²) in [5.41, 5.74) is 2.09. The molecule has 0 amide bonds. The number of para-hydroxylation sites is 1. The summed E-state index contributed by atoms with van der Waals surface area (Å²) >= 11 is 0. The van der Waals surface area contributed by atoms with Crippen LogP contribution in [0.3, 0.4) is 0 Å². The van der Waals surface area contributed by atoms with Gasteiger partial charge in [-0.15, -0.1) is 5.10 Å². The molecule has 2 N–H and O–H groups in total. The summed E-state index contributed by atoms with van der Waals surface area (Å²) in [7, 11) is 0. The highest BCUT2D eigenvalue weighted by atomic mass is 16.3. The smallest absolute Gasteiger partial charge is 0.170 e. The van der Waals surface area contributed by atoms with E-state index in [1.165, 1.54) is 0 Å². The molecule has 0 aliphatic heterocycles. The van der Waals surface area contributed by atoms with Gasteiger partial charge in [-0.05, 0) is 43.7 Å². The van der Waals surface area contributed by atoms with Gasteiger partial charge >= 0.3 is 0 Å². The first-order valence-electron chi connectivity index (χ1n) is 7.62. The molecule has 0 unspecified atom stereocenters. The van der Waals surface area contributed by atoms with E-state index in [9.17, 15) is 10.4 Å². The van der Waals surface area contributed by atoms with E-state index in [1.54, 1.807) is 24.7 Å². The predicted molar refractivity (Wildman–Crippen MR) is 93.2 cm³/mol. The van der Waals surface area contributed by atoms with E-state index in [2.05, 4.69) is 16.5 Å². The van der Waals surface area contributed by atoms with Gasteiger partial charge in [0.25, 0.3) is 0 Å². The number of hydrogen-bond acceptors (Lipinski definition) is 4. The Kier molecular flexibility index (Phi) is 4.07. The first kappa shape index (κ1) is 15.8. The molecule has 0 aliphatic carbocycles. The fraction of sp³-hybridized carbons (Fsp3) is 0.158. The molecule has 0 bridgehead atoms. The molecule has 0 aliphatic rings. The molecule has 24 heavy (non-hydrogen) atoms. The first-order chi connectivity index (χ1) is 11.5. The van der Waals surface area contributed by atoms with Crippen molar-refractivity contribution in [3.05, 3.63) is 71.9 Å². The summed E-state index contributed by atoms with van der Waals surface area (Å²) in [4.78, 5) is 0. The lowest BCUT2D eigenvalue weighted by molar-refractivity contribution is 0.0786. The van der Waals surface area contributed by atoms with E-state index in [0.717, 1.165) is 16.9 Å². The third kappa shape index (κ3) is 3.29. The Bertz CT molecular complexity index is 868. The minimum atomic E-state index is -0.884. The zero-order chi connectivity index (χ0) is 17.2. The molecule has 1 heterocycles. The SMILES string of the molecule is CC(C)(O)c1ccc(Nc2nn(-c3ccccc3)cc2C#N)cc1. The lowest BCUT2D eigenvalue weighted by Gasteiger charge is -2.17. The maximum absolute atomic E-state index is 10.0. The van der Waals surface area contributed by atoms with E-state index in [-0.39, 0.29) is 0 Å². The Hall–Kier alpha value is -3.10. The van der Waals surface area contributed by atoms with Gasteiger partial charge in [0.05, 0.1) is 17.5 Å². The largest absolute Gasteiger partial charge is 0.386 e. The number of nitrogens with one attached hydrogen (secondary N) is 1. The normalized spacial score (nSPS) is 11.1. The van der Waals surface area contributed by atoms with Crippen LogP contribution in [0.25, 0.3) is 5.69 Å². The summed E-state index contributed by atoms with van der Waals surface area (Å²) in [6.45, 7) is 3.48. The predicted octanol–water partition coefficient (Wildman–Crippen LogP) is 3.71. The van der Waals surface area contributed by atoms with Crippen molar-refractivity contribution in [3.8, 4) is 11.8 Å². The van der Waals surface area contributed by atoms with E-state index in [1.807, 2.05) is 54.6 Å². The van der Waals surface area contributed by atoms with Crippen LogP contribution >= 0.6 is 0 Å². The van der Waals surface area contributed by atoms with Crippen LogP contribution in [0.15, 0.2) is 60.8 Å². The molecule has 0 spiro atoms. The topological polar surface area (TPSA) is 73.9 Å². The van der Waals surface area contributed by atoms with Crippen LogP contribution in [0.1, 0.15) is 25.0 Å². The van der Waals surface area contributed by atoms with Crippen LogP contribution in [0, 0.1) is 11.3 Å². The number of aromatic nitrogens is 2. The highest BCUT2D eigenvalue weighted by Crippen LogP contribution is 2.24. The van der Waals surface area contributed by atoms with Gasteiger partial charge in [0, 0.05) is 5.69 Å². The van der Waals surface area contributed by atoms with Crippen molar-refractivity contribution in [1.82, 2.24) is 9.78 Å². The van der Waals surface area contributed by atoms with Crippen molar-refractivity contribution in [3.63, 3.8) is 0 Å². The van der Waals surface area contributed by atoms with Crippen LogP contribution in [-0.4, -0.2) is 14.9 Å². The second-order valence-corrected chi connectivity index (χ2v) is 6.04. The molecule has 0 saturated carbocycles. The van der Waals surface area contributed by atoms with Crippen molar-refractivity contribution in [2.24, 2.45) is 0 Å². The lowest BCUT2D eigenvalue weighted by Crippen LogP contribution is -2.15. The van der Waals surface area contributed by atoms with Gasteiger partial charge < -0.3 is 10.4 Å². The van der Waals surface area contributed by atoms with Crippen molar-refractivity contribution >= 4 is 11.5 Å². The van der Waals surface area contributed by atoms with Gasteiger partial charge in [0.1, 0.15) is 11.6 Å². The van der Waals surface area contributed by atoms with Crippen LogP contribution in [0.2, 0.25) is 0 Å². The zero-order valence-corrected chi connectivity index (χ0v) is 13.6. The van der Waals surface area contributed by atoms with Crippen LogP contribution in [-0.2, 0) is 5.60 Å². The highest BCUT2D eigenvalue weighted by molar-refractivity contribution is 5.63. The Balaban J connectivity index is 1.88. The number of aliphatic hydroxyl groups is 1. The summed E-state index contributed by atoms with van der Waals surface area (Å²) < 4.78 is 1.67. The Morgan fingerprint density at radius 2 is 1.75 bits per heavy atom. The van der Waals surface area contributed by atoms with Crippen molar-refractivity contribution < 1.29 is 5.11 Å². The standard InChI is InChI=1S/C19H18N4O/c1-19(2,24)15-8-10-16(11-9-15)21-18-14(12-20)13-23(22-18)17-6-4-3-5-7-17/h3-11,13,24H,1-2H3,(H,21,22). The minimum absolute atomic E-state index is 0.463. The second-order valence-electron chi connectivity index (χ2n) is 6.04. The molecule has 5 heteroatoms. The van der Waals surface area contributed by atoms with Gasteiger partial charge in [-0.25, -0.2) is 4.68 Å². The molecule has 5 nitrogen and oxygen atoms in total. The Morgan fingerprint density at radius 1 is 1.08 bits per heavy atom. The van der Waals surface area contributed by atoms with Crippen molar-refractivity contribution in [2.75, 3.05) is 5.32 Å².